The van der Waals surface area contributed by atoms with E-state index in [2.05, 4.69) is 12.2 Å². The molecule has 1 aliphatic carbocycles. The van der Waals surface area contributed by atoms with E-state index in [9.17, 15) is 4.79 Å². The summed E-state index contributed by atoms with van der Waals surface area (Å²) in [5.41, 5.74) is 0.208. The van der Waals surface area contributed by atoms with Gasteiger partial charge in [-0.2, -0.15) is 0 Å². The maximum atomic E-state index is 12.0. The normalized spacial score (nSPS) is 20.9. The summed E-state index contributed by atoms with van der Waals surface area (Å²) in [5, 5.41) is 11.9. The van der Waals surface area contributed by atoms with E-state index in [0.29, 0.717) is 12.8 Å². The van der Waals surface area contributed by atoms with Crippen molar-refractivity contribution in [1.29, 1.82) is 0 Å². The smallest absolute Gasteiger partial charge is 0.220 e. The first-order chi connectivity index (χ1) is 8.09. The predicted octanol–water partition coefficient (Wildman–Crippen LogP) is 2.62. The highest BCUT2D eigenvalue weighted by Crippen LogP contribution is 2.38. The van der Waals surface area contributed by atoms with E-state index in [0.717, 1.165) is 6.42 Å². The number of hydrogen-bond donors (Lipinski definition) is 2. The highest BCUT2D eigenvalue weighted by atomic mass is 16.3. The van der Waals surface area contributed by atoms with Crippen LogP contribution in [-0.4, -0.2) is 23.7 Å². The van der Waals surface area contributed by atoms with Crippen LogP contribution in [0.1, 0.15) is 65.2 Å². The molecule has 1 unspecified atom stereocenters. The third-order valence-electron chi connectivity index (χ3n) is 3.98. The average molecular weight is 241 g/mol. The van der Waals surface area contributed by atoms with E-state index in [-0.39, 0.29) is 24.0 Å². The first kappa shape index (κ1) is 14.5. The molecular formula is C14H27NO2. The molecule has 0 aliphatic heterocycles. The molecule has 0 aromatic rings. The fourth-order valence-electron chi connectivity index (χ4n) is 2.78. The number of aliphatic hydroxyl groups excluding tert-OH is 1. The Hall–Kier alpha value is -0.570. The maximum Gasteiger partial charge on any atom is 0.220 e. The molecule has 1 saturated carbocycles. The minimum atomic E-state index is 0.139. The van der Waals surface area contributed by atoms with Gasteiger partial charge in [0.1, 0.15) is 0 Å². The van der Waals surface area contributed by atoms with E-state index in [1.165, 1.54) is 32.1 Å². The molecule has 0 bridgehead atoms. The third-order valence-corrected chi connectivity index (χ3v) is 3.98. The molecule has 0 spiro atoms. The molecule has 1 rings (SSSR count). The van der Waals surface area contributed by atoms with Crippen LogP contribution in [0.5, 0.6) is 0 Å². The van der Waals surface area contributed by atoms with Crippen molar-refractivity contribution >= 4 is 5.91 Å². The molecule has 1 fully saturated rings. The van der Waals surface area contributed by atoms with Gasteiger partial charge in [-0.15, -0.1) is 0 Å². The Morgan fingerprint density at radius 3 is 2.53 bits per heavy atom. The molecule has 17 heavy (non-hydrogen) atoms. The first-order valence-electron chi connectivity index (χ1n) is 7.00. The van der Waals surface area contributed by atoms with Crippen LogP contribution >= 0.6 is 0 Å². The summed E-state index contributed by atoms with van der Waals surface area (Å²) in [7, 11) is 0. The largest absolute Gasteiger partial charge is 0.396 e. The van der Waals surface area contributed by atoms with Crippen LogP contribution in [0.3, 0.4) is 0 Å². The van der Waals surface area contributed by atoms with Crippen LogP contribution in [-0.2, 0) is 4.79 Å². The minimum absolute atomic E-state index is 0.139. The van der Waals surface area contributed by atoms with Crippen LogP contribution in [0.2, 0.25) is 0 Å². The SMILES string of the molecule is CCC(CCO)NC(=O)CC1(C)CCCCC1. The van der Waals surface area contributed by atoms with Gasteiger partial charge in [-0.1, -0.05) is 33.1 Å². The maximum absolute atomic E-state index is 12.0. The molecule has 3 nitrogen and oxygen atoms in total. The molecule has 0 aromatic heterocycles. The lowest BCUT2D eigenvalue weighted by molar-refractivity contribution is -0.124. The molecule has 100 valence electrons. The van der Waals surface area contributed by atoms with Crippen LogP contribution in [0, 0.1) is 5.41 Å². The lowest BCUT2D eigenvalue weighted by Crippen LogP contribution is -2.38. The molecule has 0 aromatic carbocycles. The lowest BCUT2D eigenvalue weighted by Gasteiger charge is -2.33. The third kappa shape index (κ3) is 5.07. The van der Waals surface area contributed by atoms with Gasteiger partial charge in [-0.3, -0.25) is 4.79 Å². The number of nitrogens with one attached hydrogen (secondary N) is 1. The van der Waals surface area contributed by atoms with Crippen molar-refractivity contribution in [2.75, 3.05) is 6.61 Å². The van der Waals surface area contributed by atoms with E-state index in [1.807, 2.05) is 6.92 Å². The summed E-state index contributed by atoms with van der Waals surface area (Å²) in [4.78, 5) is 12.0. The highest BCUT2D eigenvalue weighted by Gasteiger charge is 2.29. The van der Waals surface area contributed by atoms with Crippen molar-refractivity contribution in [2.24, 2.45) is 5.41 Å². The summed E-state index contributed by atoms with van der Waals surface area (Å²) in [6, 6.07) is 0.139. The van der Waals surface area contributed by atoms with Crippen molar-refractivity contribution in [3.8, 4) is 0 Å². The predicted molar refractivity (Wildman–Crippen MR) is 69.7 cm³/mol. The number of hydrogen-bond acceptors (Lipinski definition) is 2. The van der Waals surface area contributed by atoms with Gasteiger partial charge < -0.3 is 10.4 Å². The van der Waals surface area contributed by atoms with E-state index >= 15 is 0 Å². The van der Waals surface area contributed by atoms with E-state index in [1.54, 1.807) is 0 Å². The van der Waals surface area contributed by atoms with Crippen molar-refractivity contribution < 1.29 is 9.90 Å². The van der Waals surface area contributed by atoms with E-state index < -0.39 is 0 Å². The zero-order chi connectivity index (χ0) is 12.7. The van der Waals surface area contributed by atoms with Crippen LogP contribution < -0.4 is 5.32 Å². The number of aliphatic hydroxyl groups is 1. The molecule has 3 heteroatoms. The second-order valence-electron chi connectivity index (χ2n) is 5.73. The average Bonchev–Trinajstić information content (AvgIpc) is 2.28. The number of carbonyl (C=O) groups excluding carboxylic acids is 1. The molecule has 0 radical (unpaired) electrons. The van der Waals surface area contributed by atoms with Crippen molar-refractivity contribution in [2.45, 2.75) is 71.3 Å². The molecule has 1 atom stereocenters. The summed E-state index contributed by atoms with van der Waals surface area (Å²) in [5.74, 6) is 0.162. The molecule has 2 N–H and O–H groups in total. The Morgan fingerprint density at radius 2 is 2.00 bits per heavy atom. The Bertz CT molecular complexity index is 234. The van der Waals surface area contributed by atoms with Gasteiger partial charge >= 0.3 is 0 Å². The van der Waals surface area contributed by atoms with Crippen molar-refractivity contribution in [3.05, 3.63) is 0 Å². The van der Waals surface area contributed by atoms with Gasteiger partial charge in [-0.05, 0) is 31.1 Å². The lowest BCUT2D eigenvalue weighted by atomic mass is 9.73. The summed E-state index contributed by atoms with van der Waals surface area (Å²) in [6.45, 7) is 4.43. The second kappa shape index (κ2) is 7.00. The van der Waals surface area contributed by atoms with Crippen LogP contribution in [0.4, 0.5) is 0 Å². The van der Waals surface area contributed by atoms with E-state index in [4.69, 9.17) is 5.11 Å². The fraction of sp³-hybridized carbons (Fsp3) is 0.929. The number of carbonyl (C=O) groups is 1. The van der Waals surface area contributed by atoms with Gasteiger partial charge in [0.05, 0.1) is 0 Å². The zero-order valence-electron chi connectivity index (χ0n) is 11.3. The monoisotopic (exact) mass is 241 g/mol. The highest BCUT2D eigenvalue weighted by molar-refractivity contribution is 5.77. The quantitative estimate of drug-likeness (QED) is 0.751. The summed E-state index contributed by atoms with van der Waals surface area (Å²) >= 11 is 0. The Balaban J connectivity index is 2.36. The topological polar surface area (TPSA) is 49.3 Å². The van der Waals surface area contributed by atoms with Crippen molar-refractivity contribution in [3.63, 3.8) is 0 Å². The Kier molecular flexibility index (Phi) is 5.96. The molecule has 1 aliphatic rings. The van der Waals surface area contributed by atoms with Gasteiger partial charge in [0, 0.05) is 19.1 Å². The standard InChI is InChI=1S/C14H27NO2/c1-3-12(7-10-16)15-13(17)11-14(2)8-5-4-6-9-14/h12,16H,3-11H2,1-2H3,(H,15,17). The van der Waals surface area contributed by atoms with Crippen molar-refractivity contribution in [1.82, 2.24) is 5.32 Å². The molecule has 0 saturated heterocycles. The second-order valence-corrected chi connectivity index (χ2v) is 5.73. The van der Waals surface area contributed by atoms with Gasteiger partial charge in [0.15, 0.2) is 0 Å². The number of rotatable bonds is 6. The Morgan fingerprint density at radius 1 is 1.35 bits per heavy atom. The summed E-state index contributed by atoms with van der Waals surface area (Å²) in [6.07, 6.45) is 8.40. The molecular weight excluding hydrogens is 214 g/mol. The molecule has 1 amide bonds. The van der Waals surface area contributed by atoms with Crippen LogP contribution in [0.15, 0.2) is 0 Å². The fourth-order valence-corrected chi connectivity index (χ4v) is 2.78. The molecule has 0 heterocycles. The van der Waals surface area contributed by atoms with Gasteiger partial charge in [-0.25, -0.2) is 0 Å². The zero-order valence-corrected chi connectivity index (χ0v) is 11.3. The number of amides is 1. The van der Waals surface area contributed by atoms with Gasteiger partial charge in [0.2, 0.25) is 5.91 Å². The first-order valence-corrected chi connectivity index (χ1v) is 7.00. The summed E-state index contributed by atoms with van der Waals surface area (Å²) < 4.78 is 0. The van der Waals surface area contributed by atoms with Gasteiger partial charge in [0.25, 0.3) is 0 Å². The minimum Gasteiger partial charge on any atom is -0.396 e. The van der Waals surface area contributed by atoms with Crippen LogP contribution in [0.25, 0.3) is 0 Å². The Labute approximate surface area is 105 Å².